The van der Waals surface area contributed by atoms with Gasteiger partial charge in [-0.2, -0.15) is 0 Å². The van der Waals surface area contributed by atoms with E-state index in [1.807, 2.05) is 13.8 Å². The van der Waals surface area contributed by atoms with Crippen LogP contribution in [0.4, 0.5) is 4.79 Å². The van der Waals surface area contributed by atoms with Crippen LogP contribution < -0.4 is 5.23 Å². The van der Waals surface area contributed by atoms with E-state index in [1.54, 1.807) is 86.0 Å². The molecule has 14 nitrogen and oxygen atoms in total. The zero-order chi connectivity index (χ0) is 41.5. The van der Waals surface area contributed by atoms with Gasteiger partial charge in [0.25, 0.3) is 7.41 Å². The fourth-order valence-corrected chi connectivity index (χ4v) is 10.2. The maximum absolute atomic E-state index is 15.6. The summed E-state index contributed by atoms with van der Waals surface area (Å²) < 4.78 is 30.3. The Hall–Kier alpha value is -4.08. The molecule has 15 heteroatoms. The van der Waals surface area contributed by atoms with Crippen LogP contribution >= 0.6 is 0 Å². The van der Waals surface area contributed by atoms with Crippen LogP contribution in [0.25, 0.3) is 0 Å². The number of benzene rings is 1. The van der Waals surface area contributed by atoms with Gasteiger partial charge in [-0.25, -0.2) is 9.59 Å². The summed E-state index contributed by atoms with van der Waals surface area (Å²) in [7, 11) is 2.93. The van der Waals surface area contributed by atoms with Gasteiger partial charge in [0.1, 0.15) is 12.2 Å². The van der Waals surface area contributed by atoms with Gasteiger partial charge < -0.3 is 43.7 Å². The molecule has 56 heavy (non-hydrogen) atoms. The van der Waals surface area contributed by atoms with Gasteiger partial charge >= 0.3 is 24.0 Å². The number of hydrogen-bond donors (Lipinski definition) is 2. The van der Waals surface area contributed by atoms with E-state index in [9.17, 15) is 29.1 Å². The Morgan fingerprint density at radius 3 is 2.23 bits per heavy atom. The largest absolute Gasteiger partial charge is 0.455 e. The van der Waals surface area contributed by atoms with E-state index in [4.69, 9.17) is 23.7 Å². The van der Waals surface area contributed by atoms with Crippen LogP contribution in [0.15, 0.2) is 41.5 Å². The molecule has 2 bridgehead atoms. The number of Topliss-reactive ketones (excluding diaryl/α,β-unsaturated/α-hetero) is 1. The third-order valence-corrected chi connectivity index (χ3v) is 13.3. The minimum Gasteiger partial charge on any atom is -0.455 e. The number of carbonyl (C=O) groups is 6. The first-order chi connectivity index (χ1) is 26.2. The van der Waals surface area contributed by atoms with Crippen LogP contribution in [0.3, 0.4) is 0 Å². The normalized spacial score (nSPS) is 34.1. The minimum absolute atomic E-state index is 0.0436. The van der Waals surface area contributed by atoms with Gasteiger partial charge in [0.05, 0.1) is 36.0 Å². The lowest BCUT2D eigenvalue weighted by Crippen LogP contribution is -2.75. The Kier molecular flexibility index (Phi) is 12.3. The lowest BCUT2D eigenvalue weighted by Gasteiger charge is -2.68. The molecule has 4 aliphatic rings. The lowest BCUT2D eigenvalue weighted by atomic mass is 9.40. The Morgan fingerprint density at radius 1 is 1.04 bits per heavy atom. The van der Waals surface area contributed by atoms with E-state index < -0.39 is 100 Å². The molecule has 0 aromatic heterocycles. The Balaban J connectivity index is 1.69. The molecule has 5 rings (SSSR count). The van der Waals surface area contributed by atoms with E-state index in [0.717, 1.165) is 0 Å². The van der Waals surface area contributed by atoms with Crippen molar-refractivity contribution in [3.63, 3.8) is 0 Å². The molecule has 0 spiro atoms. The van der Waals surface area contributed by atoms with Gasteiger partial charge in [-0.1, -0.05) is 71.9 Å². The number of amides is 1. The van der Waals surface area contributed by atoms with Crippen LogP contribution in [-0.4, -0.2) is 110 Å². The van der Waals surface area contributed by atoms with Gasteiger partial charge in [-0.15, -0.1) is 0 Å². The summed E-state index contributed by atoms with van der Waals surface area (Å²) in [6, 6.07) is 7.74. The molecule has 1 aromatic carbocycles. The van der Waals surface area contributed by atoms with Gasteiger partial charge in [0.2, 0.25) is 6.10 Å². The maximum Gasteiger partial charge on any atom is 0.409 e. The van der Waals surface area contributed by atoms with Crippen LogP contribution in [0, 0.1) is 28.1 Å². The molecule has 0 radical (unpaired) electrons. The molecule has 2 saturated carbocycles. The Labute approximate surface area is 329 Å². The van der Waals surface area contributed by atoms with Crippen LogP contribution in [0.5, 0.6) is 0 Å². The third kappa shape index (κ3) is 7.08. The zero-order valence-corrected chi connectivity index (χ0v) is 34.2. The van der Waals surface area contributed by atoms with E-state index in [1.165, 1.54) is 4.90 Å². The third-order valence-electron chi connectivity index (χ3n) is 13.3. The van der Waals surface area contributed by atoms with Crippen LogP contribution in [-0.2, 0) is 47.7 Å². The number of aliphatic hydroxyl groups is 1. The number of fused-ring (bicyclic) bond motifs is 5. The summed E-state index contributed by atoms with van der Waals surface area (Å²) in [5.41, 5.74) is -3.87. The summed E-state index contributed by atoms with van der Waals surface area (Å²) >= 11 is 0. The average molecular weight is 781 g/mol. The van der Waals surface area contributed by atoms with Crippen molar-refractivity contribution in [2.45, 2.75) is 123 Å². The standard InChI is InChI=1S/C41H57BN2O12/c1-11-28(46)55-32-30-22(3)25(53-36(49)33(56-29(47)12-2)31(43-42-21-45)24-16-14-13-15-17-24)19-41(51,38(30,5)6)23(4)34-39(7)20-52-26(39)18-27(40(34,8)35(32)48)54-37(50)44(9)10/h13-17,21,23,25-27,31-34,42-43,51H,11-12,18-20H2,1-10H3/t23-,25-,26+,27-,31-,32+,33+,34+,39+,40+,41+/m0/s1. The molecule has 1 aromatic rings. The Morgan fingerprint density at radius 2 is 1.68 bits per heavy atom. The van der Waals surface area contributed by atoms with Crippen molar-refractivity contribution in [1.29, 1.82) is 0 Å². The highest BCUT2D eigenvalue weighted by Gasteiger charge is 2.74. The van der Waals surface area contributed by atoms with E-state index in [2.05, 4.69) is 5.23 Å². The van der Waals surface area contributed by atoms with Crippen LogP contribution in [0.2, 0.25) is 0 Å². The number of carbonyl (C=O) groups excluding carboxylic acids is 6. The number of hydrogen-bond acceptors (Lipinski definition) is 13. The minimum atomic E-state index is -1.73. The van der Waals surface area contributed by atoms with Crippen molar-refractivity contribution in [2.75, 3.05) is 20.7 Å². The van der Waals surface area contributed by atoms with Gasteiger partial charge in [0.15, 0.2) is 11.9 Å². The summed E-state index contributed by atoms with van der Waals surface area (Å²) in [4.78, 5) is 82.1. The monoisotopic (exact) mass is 780 g/mol. The van der Waals surface area contributed by atoms with E-state index in [-0.39, 0.29) is 45.3 Å². The van der Waals surface area contributed by atoms with Crippen molar-refractivity contribution >= 4 is 43.4 Å². The molecule has 1 heterocycles. The predicted octanol–water partition coefficient (Wildman–Crippen LogP) is 3.61. The van der Waals surface area contributed by atoms with Crippen molar-refractivity contribution in [3.8, 4) is 0 Å². The van der Waals surface area contributed by atoms with Crippen molar-refractivity contribution in [3.05, 3.63) is 47.0 Å². The van der Waals surface area contributed by atoms with E-state index in [0.29, 0.717) is 17.3 Å². The molecule has 1 aliphatic heterocycles. The highest BCUT2D eigenvalue weighted by atomic mass is 16.6. The molecule has 3 fully saturated rings. The second kappa shape index (κ2) is 16.1. The molecule has 11 atom stereocenters. The summed E-state index contributed by atoms with van der Waals surface area (Å²) in [6.07, 6.45) is -5.72. The molecule has 1 amide bonds. The zero-order valence-electron chi connectivity index (χ0n) is 34.2. The highest BCUT2D eigenvalue weighted by molar-refractivity contribution is 6.64. The number of rotatable bonds is 12. The Bertz CT molecular complexity index is 1750. The van der Waals surface area contributed by atoms with Crippen molar-refractivity contribution in [1.82, 2.24) is 10.1 Å². The van der Waals surface area contributed by atoms with Gasteiger partial charge in [-0.05, 0) is 42.4 Å². The van der Waals surface area contributed by atoms with Gasteiger partial charge in [0, 0.05) is 50.6 Å². The van der Waals surface area contributed by atoms with Crippen LogP contribution in [0.1, 0.15) is 92.7 Å². The predicted molar refractivity (Wildman–Crippen MR) is 205 cm³/mol. The average Bonchev–Trinajstić information content (AvgIpc) is 3.15. The molecule has 306 valence electrons. The number of ether oxygens (including phenoxy) is 5. The number of esters is 3. The SMILES string of the molecule is CCC(=O)O[C@H]1C(=O)[C@]2(C)[C@@H](OC(=O)N(C)C)C[C@H]3OC[C@@]3(C)[C@H]2[C@H](C)[C@]2(O)C[C@H](OC(=O)[C@H](OC(=O)CC)[C@@H](NBC=O)c3ccccc3)C(C)=C1C2(C)C. The molecular formula is C41H57BN2O12. The first-order valence-electron chi connectivity index (χ1n) is 19.5. The highest BCUT2D eigenvalue weighted by Crippen LogP contribution is 2.67. The number of nitrogens with zero attached hydrogens (tertiary/aromatic N) is 1. The quantitative estimate of drug-likeness (QED) is 0.103. The second-order valence-corrected chi connectivity index (χ2v) is 16.9. The number of ketones is 1. The lowest BCUT2D eigenvalue weighted by molar-refractivity contribution is -0.302. The van der Waals surface area contributed by atoms with Crippen molar-refractivity contribution < 1.29 is 57.6 Å². The topological polar surface area (TPSA) is 184 Å². The summed E-state index contributed by atoms with van der Waals surface area (Å²) in [6.45, 7) is 14.4. The molecule has 1 saturated heterocycles. The van der Waals surface area contributed by atoms with Gasteiger partial charge in [-0.3, -0.25) is 14.4 Å². The fraction of sp³-hybridized carbons (Fsp3) is 0.659. The summed E-state index contributed by atoms with van der Waals surface area (Å²) in [5.74, 6) is -4.17. The van der Waals surface area contributed by atoms with Crippen molar-refractivity contribution in [2.24, 2.45) is 28.1 Å². The summed E-state index contributed by atoms with van der Waals surface area (Å²) in [5, 5.41) is 16.4. The van der Waals surface area contributed by atoms with E-state index >= 15 is 4.79 Å². The molecule has 0 unspecified atom stereocenters. The smallest absolute Gasteiger partial charge is 0.409 e. The molecule has 3 aliphatic carbocycles. The first-order valence-corrected chi connectivity index (χ1v) is 19.5. The molecule has 2 N–H and O–H groups in total. The number of nitrogens with one attached hydrogen (secondary N) is 1. The first kappa shape index (κ1) is 43.1. The maximum atomic E-state index is 15.6. The fourth-order valence-electron chi connectivity index (χ4n) is 10.2. The molecular weight excluding hydrogens is 723 g/mol. The second-order valence-electron chi connectivity index (χ2n) is 16.9.